The zero-order valence-corrected chi connectivity index (χ0v) is 8.58. The highest BCUT2D eigenvalue weighted by atomic mass is 16.7. The Morgan fingerprint density at radius 3 is 2.94 bits per heavy atom. The van der Waals surface area contributed by atoms with Crippen molar-refractivity contribution in [2.75, 3.05) is 0 Å². The molecule has 0 aliphatic carbocycles. The molecule has 0 spiro atoms. The van der Waals surface area contributed by atoms with Crippen LogP contribution in [0, 0.1) is 0 Å². The summed E-state index contributed by atoms with van der Waals surface area (Å²) in [6.45, 7) is 1.63. The highest BCUT2D eigenvalue weighted by Gasteiger charge is 2.08. The van der Waals surface area contributed by atoms with Gasteiger partial charge in [-0.05, 0) is 22.2 Å². The van der Waals surface area contributed by atoms with E-state index >= 15 is 0 Å². The highest BCUT2D eigenvalue weighted by molar-refractivity contribution is 5.76. The van der Waals surface area contributed by atoms with Crippen LogP contribution in [0.15, 0.2) is 29.1 Å². The van der Waals surface area contributed by atoms with Crippen molar-refractivity contribution < 1.29 is 9.63 Å². The molecule has 2 rings (SSSR count). The van der Waals surface area contributed by atoms with Crippen molar-refractivity contribution in [2.45, 2.75) is 13.3 Å². The fraction of sp³-hybridized carbons (Fsp3) is 0.200. The van der Waals surface area contributed by atoms with Crippen LogP contribution < -0.4 is 10.4 Å². The van der Waals surface area contributed by atoms with Gasteiger partial charge in [0.15, 0.2) is 0 Å². The monoisotopic (exact) mass is 219 g/mol. The van der Waals surface area contributed by atoms with Crippen molar-refractivity contribution in [3.63, 3.8) is 0 Å². The molecule has 82 valence electrons. The van der Waals surface area contributed by atoms with Gasteiger partial charge < -0.3 is 4.84 Å². The minimum Gasteiger partial charge on any atom is -0.314 e. The first-order valence-electron chi connectivity index (χ1n) is 4.78. The van der Waals surface area contributed by atoms with Crippen LogP contribution in [-0.4, -0.2) is 21.1 Å². The van der Waals surface area contributed by atoms with Gasteiger partial charge in [-0.15, -0.1) is 5.10 Å². The van der Waals surface area contributed by atoms with Crippen LogP contribution >= 0.6 is 0 Å². The number of benzene rings is 1. The van der Waals surface area contributed by atoms with Gasteiger partial charge in [-0.2, -0.15) is 0 Å². The third-order valence-electron chi connectivity index (χ3n) is 2.02. The van der Waals surface area contributed by atoms with E-state index in [-0.39, 0.29) is 6.42 Å². The number of aromatic nitrogens is 3. The summed E-state index contributed by atoms with van der Waals surface area (Å²) < 4.78 is 0. The van der Waals surface area contributed by atoms with Crippen molar-refractivity contribution in [2.24, 2.45) is 0 Å². The van der Waals surface area contributed by atoms with Gasteiger partial charge in [0.25, 0.3) is 0 Å². The summed E-state index contributed by atoms with van der Waals surface area (Å²) in [6, 6.07) is 6.72. The summed E-state index contributed by atoms with van der Waals surface area (Å²) in [5.41, 5.74) is -0.0244. The van der Waals surface area contributed by atoms with E-state index in [1.54, 1.807) is 31.2 Å². The van der Waals surface area contributed by atoms with E-state index in [2.05, 4.69) is 10.3 Å². The van der Waals surface area contributed by atoms with Crippen molar-refractivity contribution in [1.29, 1.82) is 0 Å². The van der Waals surface area contributed by atoms with E-state index in [0.29, 0.717) is 15.7 Å². The lowest BCUT2D eigenvalue weighted by atomic mass is 10.2. The number of hydrogen-bond acceptors (Lipinski definition) is 5. The first-order chi connectivity index (χ1) is 7.72. The Labute approximate surface area is 90.4 Å². The molecule has 0 aliphatic rings. The van der Waals surface area contributed by atoms with Crippen LogP contribution in [0.2, 0.25) is 0 Å². The Kier molecular flexibility index (Phi) is 2.63. The van der Waals surface area contributed by atoms with Crippen molar-refractivity contribution >= 4 is 16.9 Å². The van der Waals surface area contributed by atoms with E-state index in [0.717, 1.165) is 0 Å². The minimum atomic E-state index is -0.535. The van der Waals surface area contributed by atoms with Crippen LogP contribution in [0.3, 0.4) is 0 Å². The molecule has 0 N–H and O–H groups in total. The number of carbonyl (C=O) groups excluding carboxylic acids is 1. The number of rotatable bonds is 2. The highest BCUT2D eigenvalue weighted by Crippen LogP contribution is 2.02. The van der Waals surface area contributed by atoms with E-state index in [9.17, 15) is 9.59 Å². The lowest BCUT2D eigenvalue weighted by Gasteiger charge is -2.02. The molecule has 0 saturated heterocycles. The quantitative estimate of drug-likeness (QED) is 0.672. The van der Waals surface area contributed by atoms with Crippen LogP contribution in [0.25, 0.3) is 10.9 Å². The predicted molar refractivity (Wildman–Crippen MR) is 55.7 cm³/mol. The Morgan fingerprint density at radius 2 is 2.19 bits per heavy atom. The SMILES string of the molecule is CCC(=O)On1nnc2ccccc2c1=O. The molecule has 0 unspecified atom stereocenters. The second kappa shape index (κ2) is 4.09. The maximum Gasteiger partial charge on any atom is 0.334 e. The molecule has 1 aromatic carbocycles. The smallest absolute Gasteiger partial charge is 0.314 e. The normalized spacial score (nSPS) is 10.3. The van der Waals surface area contributed by atoms with Crippen LogP contribution in [-0.2, 0) is 4.79 Å². The minimum absolute atomic E-state index is 0.168. The summed E-state index contributed by atoms with van der Waals surface area (Å²) in [6.07, 6.45) is 0.168. The van der Waals surface area contributed by atoms with Gasteiger partial charge in [0.2, 0.25) is 0 Å². The molecule has 2 aromatic rings. The standard InChI is InChI=1S/C10H9N3O3/c1-2-9(14)16-13-10(15)7-5-3-4-6-8(7)11-12-13/h3-6H,2H2,1H3. The fourth-order valence-electron chi connectivity index (χ4n) is 1.19. The fourth-order valence-corrected chi connectivity index (χ4v) is 1.19. The molecule has 0 aliphatic heterocycles. The maximum atomic E-state index is 11.8. The summed E-state index contributed by atoms with van der Waals surface area (Å²) in [5, 5.41) is 7.63. The number of carbonyl (C=O) groups is 1. The molecule has 0 fully saturated rings. The summed E-state index contributed by atoms with van der Waals surface area (Å²) >= 11 is 0. The van der Waals surface area contributed by atoms with Crippen LogP contribution in [0.1, 0.15) is 13.3 Å². The predicted octanol–water partition coefficient (Wildman–Crippen LogP) is 0.157. The van der Waals surface area contributed by atoms with E-state index in [1.165, 1.54) is 0 Å². The first kappa shape index (κ1) is 10.3. The van der Waals surface area contributed by atoms with Gasteiger partial charge in [-0.25, -0.2) is 4.79 Å². The van der Waals surface area contributed by atoms with E-state index < -0.39 is 11.5 Å². The van der Waals surface area contributed by atoms with E-state index in [1.807, 2.05) is 0 Å². The number of hydrogen-bond donors (Lipinski definition) is 0. The lowest BCUT2D eigenvalue weighted by molar-refractivity contribution is -0.146. The second-order valence-electron chi connectivity index (χ2n) is 3.10. The molecule has 1 heterocycles. The zero-order valence-electron chi connectivity index (χ0n) is 8.58. The van der Waals surface area contributed by atoms with Crippen molar-refractivity contribution in [1.82, 2.24) is 15.2 Å². The summed E-state index contributed by atoms with van der Waals surface area (Å²) in [5.74, 6) is -0.535. The van der Waals surface area contributed by atoms with Gasteiger partial charge in [-0.1, -0.05) is 19.1 Å². The topological polar surface area (TPSA) is 74.1 Å². The molecule has 16 heavy (non-hydrogen) atoms. The van der Waals surface area contributed by atoms with Gasteiger partial charge in [0.1, 0.15) is 5.52 Å². The van der Waals surface area contributed by atoms with Gasteiger partial charge >= 0.3 is 11.5 Å². The van der Waals surface area contributed by atoms with Gasteiger partial charge in [0.05, 0.1) is 5.39 Å². The second-order valence-corrected chi connectivity index (χ2v) is 3.10. The van der Waals surface area contributed by atoms with E-state index in [4.69, 9.17) is 4.84 Å². The van der Waals surface area contributed by atoms with Gasteiger partial charge in [0, 0.05) is 6.42 Å². The molecule has 0 bridgehead atoms. The number of fused-ring (bicyclic) bond motifs is 1. The largest absolute Gasteiger partial charge is 0.334 e. The third-order valence-corrected chi connectivity index (χ3v) is 2.02. The van der Waals surface area contributed by atoms with Crippen LogP contribution in [0.4, 0.5) is 0 Å². The Hall–Kier alpha value is -2.24. The average molecular weight is 219 g/mol. The lowest BCUT2D eigenvalue weighted by Crippen LogP contribution is -2.33. The Bertz CT molecular complexity index is 591. The Morgan fingerprint density at radius 1 is 1.44 bits per heavy atom. The molecule has 1 aromatic heterocycles. The number of nitrogens with zero attached hydrogens (tertiary/aromatic N) is 3. The maximum absolute atomic E-state index is 11.8. The molecular formula is C10H9N3O3. The molecular weight excluding hydrogens is 210 g/mol. The van der Waals surface area contributed by atoms with Crippen molar-refractivity contribution in [3.8, 4) is 0 Å². The molecule has 0 saturated carbocycles. The Balaban J connectivity index is 2.53. The van der Waals surface area contributed by atoms with Gasteiger partial charge in [-0.3, -0.25) is 4.79 Å². The van der Waals surface area contributed by atoms with Crippen LogP contribution in [0.5, 0.6) is 0 Å². The first-order valence-corrected chi connectivity index (χ1v) is 4.78. The molecule has 6 nitrogen and oxygen atoms in total. The zero-order chi connectivity index (χ0) is 11.5. The summed E-state index contributed by atoms with van der Waals surface area (Å²) in [4.78, 5) is 28.1. The third kappa shape index (κ3) is 1.77. The molecule has 0 atom stereocenters. The molecule has 0 amide bonds. The van der Waals surface area contributed by atoms with Crippen molar-refractivity contribution in [3.05, 3.63) is 34.6 Å². The molecule has 6 heteroatoms. The summed E-state index contributed by atoms with van der Waals surface area (Å²) in [7, 11) is 0. The average Bonchev–Trinajstić information content (AvgIpc) is 2.33. The molecule has 0 radical (unpaired) electrons.